The summed E-state index contributed by atoms with van der Waals surface area (Å²) >= 11 is 0. The molecule has 4 rings (SSSR count). The van der Waals surface area contributed by atoms with E-state index in [0.717, 1.165) is 25.9 Å². The number of likely N-dealkylation sites (tertiary alicyclic amines) is 1. The number of carbonyl (C=O) groups is 2. The lowest BCUT2D eigenvalue weighted by molar-refractivity contribution is -0.384. The standard InChI is InChI=1S/C21H29N5O5/c27-20(24-5-1-2-6-24)16-22-7-9-25(10-8-22)21(28)18-15-17(26(29)30)3-4-19(18)23-11-13-31-14-12-23/h3-4,15H,1-2,5-14,16H2. The van der Waals surface area contributed by atoms with Crippen LogP contribution in [-0.4, -0.2) is 104 Å². The van der Waals surface area contributed by atoms with Crippen LogP contribution in [0.2, 0.25) is 0 Å². The van der Waals surface area contributed by atoms with Crippen molar-refractivity contribution in [1.82, 2.24) is 14.7 Å². The second-order valence-corrected chi connectivity index (χ2v) is 8.21. The van der Waals surface area contributed by atoms with Crippen molar-refractivity contribution in [3.63, 3.8) is 0 Å². The summed E-state index contributed by atoms with van der Waals surface area (Å²) in [4.78, 5) is 44.3. The number of benzene rings is 1. The fourth-order valence-corrected chi connectivity index (χ4v) is 4.43. The van der Waals surface area contributed by atoms with E-state index in [1.54, 1.807) is 11.0 Å². The van der Waals surface area contributed by atoms with E-state index in [4.69, 9.17) is 4.74 Å². The number of amides is 2. The molecule has 0 N–H and O–H groups in total. The number of anilines is 1. The zero-order valence-corrected chi connectivity index (χ0v) is 17.7. The smallest absolute Gasteiger partial charge is 0.270 e. The first-order chi connectivity index (χ1) is 15.0. The lowest BCUT2D eigenvalue weighted by Gasteiger charge is -2.36. The molecule has 1 aromatic rings. The number of nitro groups is 1. The van der Waals surface area contributed by atoms with E-state index < -0.39 is 4.92 Å². The molecule has 3 saturated heterocycles. The maximum Gasteiger partial charge on any atom is 0.270 e. The number of nitrogens with zero attached hydrogens (tertiary/aromatic N) is 5. The van der Waals surface area contributed by atoms with Gasteiger partial charge in [-0.25, -0.2) is 0 Å². The minimum Gasteiger partial charge on any atom is -0.378 e. The Morgan fingerprint density at radius 2 is 1.61 bits per heavy atom. The van der Waals surface area contributed by atoms with Crippen LogP contribution in [0.15, 0.2) is 18.2 Å². The number of nitro benzene ring substituents is 1. The Balaban J connectivity index is 1.43. The Bertz CT molecular complexity index is 827. The van der Waals surface area contributed by atoms with Gasteiger partial charge < -0.3 is 19.4 Å². The largest absolute Gasteiger partial charge is 0.378 e. The topological polar surface area (TPSA) is 99.5 Å². The Morgan fingerprint density at radius 3 is 2.26 bits per heavy atom. The molecule has 3 aliphatic heterocycles. The summed E-state index contributed by atoms with van der Waals surface area (Å²) in [5, 5.41) is 11.3. The van der Waals surface area contributed by atoms with E-state index in [9.17, 15) is 19.7 Å². The van der Waals surface area contributed by atoms with Crippen molar-refractivity contribution < 1.29 is 19.2 Å². The predicted molar refractivity (Wildman–Crippen MR) is 114 cm³/mol. The lowest BCUT2D eigenvalue weighted by atomic mass is 10.1. The molecule has 0 radical (unpaired) electrons. The molecule has 0 spiro atoms. The molecule has 168 valence electrons. The number of piperazine rings is 1. The van der Waals surface area contributed by atoms with Crippen LogP contribution in [0.4, 0.5) is 11.4 Å². The quantitative estimate of drug-likeness (QED) is 0.502. The number of rotatable bonds is 5. The summed E-state index contributed by atoms with van der Waals surface area (Å²) in [7, 11) is 0. The van der Waals surface area contributed by atoms with Crippen LogP contribution in [-0.2, 0) is 9.53 Å². The molecule has 0 atom stereocenters. The highest BCUT2D eigenvalue weighted by molar-refractivity contribution is 6.00. The van der Waals surface area contributed by atoms with Crippen molar-refractivity contribution in [1.29, 1.82) is 0 Å². The number of hydrogen-bond acceptors (Lipinski definition) is 7. The van der Waals surface area contributed by atoms with Crippen molar-refractivity contribution in [3.8, 4) is 0 Å². The van der Waals surface area contributed by atoms with Crippen LogP contribution >= 0.6 is 0 Å². The maximum absolute atomic E-state index is 13.3. The van der Waals surface area contributed by atoms with Crippen LogP contribution in [0.1, 0.15) is 23.2 Å². The van der Waals surface area contributed by atoms with Crippen molar-refractivity contribution in [2.75, 3.05) is 77.0 Å². The Morgan fingerprint density at radius 1 is 0.935 bits per heavy atom. The highest BCUT2D eigenvalue weighted by Gasteiger charge is 2.29. The van der Waals surface area contributed by atoms with Crippen LogP contribution < -0.4 is 4.90 Å². The van der Waals surface area contributed by atoms with Gasteiger partial charge in [-0.05, 0) is 18.9 Å². The molecule has 0 unspecified atom stereocenters. The zero-order chi connectivity index (χ0) is 21.8. The molecule has 0 bridgehead atoms. The second kappa shape index (κ2) is 9.61. The second-order valence-electron chi connectivity index (χ2n) is 8.21. The van der Waals surface area contributed by atoms with Crippen LogP contribution in [0.5, 0.6) is 0 Å². The number of carbonyl (C=O) groups excluding carboxylic acids is 2. The Kier molecular flexibility index (Phi) is 6.67. The van der Waals surface area contributed by atoms with E-state index in [2.05, 4.69) is 4.90 Å². The van der Waals surface area contributed by atoms with E-state index in [1.165, 1.54) is 12.1 Å². The summed E-state index contributed by atoms with van der Waals surface area (Å²) < 4.78 is 5.40. The third-order valence-electron chi connectivity index (χ3n) is 6.25. The minimum absolute atomic E-state index is 0.0878. The molecule has 2 amide bonds. The van der Waals surface area contributed by atoms with Gasteiger partial charge in [0.15, 0.2) is 0 Å². The third kappa shape index (κ3) is 4.96. The highest BCUT2D eigenvalue weighted by atomic mass is 16.6. The number of non-ortho nitro benzene ring substituents is 1. The first kappa shape index (κ1) is 21.5. The molecule has 0 aromatic heterocycles. The molecular formula is C21H29N5O5. The van der Waals surface area contributed by atoms with Crippen molar-refractivity contribution >= 4 is 23.2 Å². The predicted octanol–water partition coefficient (Wildman–Crippen LogP) is 0.812. The van der Waals surface area contributed by atoms with Crippen molar-refractivity contribution in [2.24, 2.45) is 0 Å². The van der Waals surface area contributed by atoms with Gasteiger partial charge in [0.2, 0.25) is 5.91 Å². The van der Waals surface area contributed by atoms with Gasteiger partial charge in [-0.1, -0.05) is 0 Å². The first-order valence-electron chi connectivity index (χ1n) is 10.9. The summed E-state index contributed by atoms with van der Waals surface area (Å²) in [6, 6.07) is 4.50. The first-order valence-corrected chi connectivity index (χ1v) is 10.9. The molecular weight excluding hydrogens is 402 g/mol. The molecule has 0 aliphatic carbocycles. The number of hydrogen-bond donors (Lipinski definition) is 0. The van der Waals surface area contributed by atoms with Gasteiger partial charge in [0.1, 0.15) is 0 Å². The van der Waals surface area contributed by atoms with Crippen molar-refractivity contribution in [3.05, 3.63) is 33.9 Å². The minimum atomic E-state index is -0.470. The number of ether oxygens (including phenoxy) is 1. The fraction of sp³-hybridized carbons (Fsp3) is 0.619. The van der Waals surface area contributed by atoms with Gasteiger partial charge in [0.25, 0.3) is 11.6 Å². The summed E-state index contributed by atoms with van der Waals surface area (Å²) in [6.07, 6.45) is 2.14. The number of morpholine rings is 1. The average Bonchev–Trinajstić information content (AvgIpc) is 3.34. The Labute approximate surface area is 181 Å². The van der Waals surface area contributed by atoms with Crippen LogP contribution in [0.3, 0.4) is 0 Å². The van der Waals surface area contributed by atoms with Gasteiger partial charge in [0.05, 0.1) is 35.9 Å². The molecule has 3 fully saturated rings. The van der Waals surface area contributed by atoms with Gasteiger partial charge in [-0.15, -0.1) is 0 Å². The molecule has 1 aromatic carbocycles. The van der Waals surface area contributed by atoms with Gasteiger partial charge in [0, 0.05) is 64.5 Å². The van der Waals surface area contributed by atoms with Gasteiger partial charge in [-0.2, -0.15) is 0 Å². The maximum atomic E-state index is 13.3. The zero-order valence-electron chi connectivity index (χ0n) is 17.7. The van der Waals surface area contributed by atoms with E-state index in [-0.39, 0.29) is 17.5 Å². The molecule has 0 saturated carbocycles. The SMILES string of the molecule is O=C(CN1CCN(C(=O)c2cc([N+](=O)[O-])ccc2N2CCOCC2)CC1)N1CCCC1. The molecule has 10 heteroatoms. The lowest BCUT2D eigenvalue weighted by Crippen LogP contribution is -2.51. The molecule has 10 nitrogen and oxygen atoms in total. The summed E-state index contributed by atoms with van der Waals surface area (Å²) in [6.45, 7) is 6.72. The molecule has 3 aliphatic rings. The van der Waals surface area contributed by atoms with Crippen molar-refractivity contribution in [2.45, 2.75) is 12.8 Å². The highest BCUT2D eigenvalue weighted by Crippen LogP contribution is 2.28. The monoisotopic (exact) mass is 431 g/mol. The van der Waals surface area contributed by atoms with Gasteiger partial charge >= 0.3 is 0 Å². The van der Waals surface area contributed by atoms with E-state index in [1.807, 2.05) is 9.80 Å². The Hall–Kier alpha value is -2.72. The van der Waals surface area contributed by atoms with E-state index >= 15 is 0 Å². The fourth-order valence-electron chi connectivity index (χ4n) is 4.43. The summed E-state index contributed by atoms with van der Waals surface area (Å²) in [5.74, 6) is -0.0405. The van der Waals surface area contributed by atoms with Crippen LogP contribution in [0.25, 0.3) is 0 Å². The molecule has 3 heterocycles. The normalized spacial score (nSPS) is 20.2. The summed E-state index contributed by atoms with van der Waals surface area (Å²) in [5.41, 5.74) is 0.985. The molecule has 31 heavy (non-hydrogen) atoms. The third-order valence-corrected chi connectivity index (χ3v) is 6.25. The van der Waals surface area contributed by atoms with Gasteiger partial charge in [-0.3, -0.25) is 24.6 Å². The average molecular weight is 431 g/mol. The van der Waals surface area contributed by atoms with Crippen LogP contribution in [0, 0.1) is 10.1 Å². The van der Waals surface area contributed by atoms with E-state index in [0.29, 0.717) is 70.3 Å².